The smallest absolute Gasteiger partial charge is 0.237 e. The predicted octanol–water partition coefficient (Wildman–Crippen LogP) is 5.10. The number of nitrogens with zero attached hydrogens (tertiary/aromatic N) is 4. The van der Waals surface area contributed by atoms with Gasteiger partial charge in [0.05, 0.1) is 10.8 Å². The van der Waals surface area contributed by atoms with Crippen LogP contribution < -0.4 is 11.1 Å². The van der Waals surface area contributed by atoms with Crippen molar-refractivity contribution in [2.24, 2.45) is 0 Å². The summed E-state index contributed by atoms with van der Waals surface area (Å²) in [5, 5.41) is 22.4. The van der Waals surface area contributed by atoms with Gasteiger partial charge in [0, 0.05) is 23.6 Å². The SMILES string of the molecule is CCC(Sc1nc(N)c(C#N)c(-c2ccc(C(C)C)cc2)c1C#N)C(=O)Nc1ccncc1. The third kappa shape index (κ3) is 5.31. The molecule has 2 heterocycles. The third-order valence-electron chi connectivity index (χ3n) is 5.15. The fraction of sp³-hybridized carbons (Fsp3) is 0.240. The summed E-state index contributed by atoms with van der Waals surface area (Å²) in [5.74, 6) is 0.166. The van der Waals surface area contributed by atoms with E-state index in [-0.39, 0.29) is 22.9 Å². The molecule has 0 fully saturated rings. The normalized spacial score (nSPS) is 11.5. The van der Waals surface area contributed by atoms with E-state index in [9.17, 15) is 15.3 Å². The summed E-state index contributed by atoms with van der Waals surface area (Å²) in [6, 6.07) is 15.4. The number of aromatic nitrogens is 2. The topological polar surface area (TPSA) is 128 Å². The van der Waals surface area contributed by atoms with Crippen LogP contribution in [0.2, 0.25) is 0 Å². The van der Waals surface area contributed by atoms with Gasteiger partial charge in [0.25, 0.3) is 0 Å². The van der Waals surface area contributed by atoms with Gasteiger partial charge in [0.1, 0.15) is 28.5 Å². The van der Waals surface area contributed by atoms with Gasteiger partial charge in [-0.15, -0.1) is 0 Å². The molecule has 7 nitrogen and oxygen atoms in total. The van der Waals surface area contributed by atoms with E-state index in [0.717, 1.165) is 5.56 Å². The van der Waals surface area contributed by atoms with Crippen molar-refractivity contribution in [3.63, 3.8) is 0 Å². The number of hydrogen-bond acceptors (Lipinski definition) is 7. The van der Waals surface area contributed by atoms with E-state index in [1.165, 1.54) is 11.8 Å². The molecule has 1 atom stereocenters. The number of nitrogens with one attached hydrogen (secondary N) is 1. The highest BCUT2D eigenvalue weighted by Crippen LogP contribution is 2.38. The third-order valence-corrected chi connectivity index (χ3v) is 6.50. The maximum atomic E-state index is 12.9. The highest BCUT2D eigenvalue weighted by Gasteiger charge is 2.25. The van der Waals surface area contributed by atoms with Gasteiger partial charge in [0.2, 0.25) is 5.91 Å². The lowest BCUT2D eigenvalue weighted by molar-refractivity contribution is -0.115. The van der Waals surface area contributed by atoms with Crippen LogP contribution in [0.4, 0.5) is 11.5 Å². The Bertz CT molecular complexity index is 1230. The van der Waals surface area contributed by atoms with Crippen LogP contribution in [0.15, 0.2) is 53.8 Å². The maximum absolute atomic E-state index is 12.9. The van der Waals surface area contributed by atoms with Gasteiger partial charge in [-0.3, -0.25) is 9.78 Å². The molecular weight excluding hydrogens is 432 g/mol. The van der Waals surface area contributed by atoms with Crippen molar-refractivity contribution >= 4 is 29.2 Å². The molecule has 0 bridgehead atoms. The minimum absolute atomic E-state index is 0.0336. The van der Waals surface area contributed by atoms with E-state index >= 15 is 0 Å². The second-order valence-electron chi connectivity index (χ2n) is 7.67. The zero-order valence-corrected chi connectivity index (χ0v) is 19.5. The largest absolute Gasteiger partial charge is 0.383 e. The number of pyridine rings is 2. The minimum Gasteiger partial charge on any atom is -0.383 e. The first-order chi connectivity index (χ1) is 15.9. The Labute approximate surface area is 197 Å². The first-order valence-electron chi connectivity index (χ1n) is 10.5. The van der Waals surface area contributed by atoms with E-state index in [2.05, 4.69) is 41.3 Å². The lowest BCUT2D eigenvalue weighted by Crippen LogP contribution is -2.25. The van der Waals surface area contributed by atoms with Crippen molar-refractivity contribution in [3.05, 3.63) is 65.5 Å². The molecule has 33 heavy (non-hydrogen) atoms. The molecule has 0 saturated carbocycles. The second kappa shape index (κ2) is 10.6. The molecule has 166 valence electrons. The number of amides is 1. The molecule has 8 heteroatoms. The number of carbonyl (C=O) groups excluding carboxylic acids is 1. The second-order valence-corrected chi connectivity index (χ2v) is 8.86. The molecule has 1 unspecified atom stereocenters. The summed E-state index contributed by atoms with van der Waals surface area (Å²) >= 11 is 1.17. The fourth-order valence-corrected chi connectivity index (χ4v) is 4.34. The standard InChI is InChI=1S/C25H24N6OS/c1-4-21(24(32)30-18-9-11-29-12-10-18)33-25-20(14-27)22(19(13-26)23(28)31-25)17-7-5-16(6-8-17)15(2)3/h5-12,15,21H,4H2,1-3H3,(H2,28,31)(H,29,30,32). The molecule has 1 aromatic carbocycles. The van der Waals surface area contributed by atoms with E-state index in [4.69, 9.17) is 5.73 Å². The first-order valence-corrected chi connectivity index (χ1v) is 11.4. The number of nitrogens with two attached hydrogens (primary N) is 1. The van der Waals surface area contributed by atoms with Gasteiger partial charge >= 0.3 is 0 Å². The van der Waals surface area contributed by atoms with E-state index in [0.29, 0.717) is 34.2 Å². The summed E-state index contributed by atoms with van der Waals surface area (Å²) in [6.45, 7) is 6.07. The van der Waals surface area contributed by atoms with E-state index in [1.807, 2.05) is 31.2 Å². The number of hydrogen-bond donors (Lipinski definition) is 2. The highest BCUT2D eigenvalue weighted by atomic mass is 32.2. The van der Waals surface area contributed by atoms with Crippen LogP contribution in [0.1, 0.15) is 49.8 Å². The van der Waals surface area contributed by atoms with Crippen LogP contribution in [-0.4, -0.2) is 21.1 Å². The summed E-state index contributed by atoms with van der Waals surface area (Å²) in [7, 11) is 0. The zero-order chi connectivity index (χ0) is 24.0. The highest BCUT2D eigenvalue weighted by molar-refractivity contribution is 8.00. The molecule has 3 N–H and O–H groups in total. The van der Waals surface area contributed by atoms with E-state index < -0.39 is 5.25 Å². The van der Waals surface area contributed by atoms with Gasteiger partial charge < -0.3 is 11.1 Å². The number of thioether (sulfide) groups is 1. The molecule has 0 spiro atoms. The quantitative estimate of drug-likeness (QED) is 0.473. The van der Waals surface area contributed by atoms with Crippen LogP contribution in [0, 0.1) is 22.7 Å². The molecule has 1 amide bonds. The Balaban J connectivity index is 2.03. The Morgan fingerprint density at radius 1 is 1.09 bits per heavy atom. The summed E-state index contributed by atoms with van der Waals surface area (Å²) in [6.07, 6.45) is 3.70. The number of carbonyl (C=O) groups is 1. The molecule has 0 aliphatic rings. The van der Waals surface area contributed by atoms with Crippen molar-refractivity contribution in [2.75, 3.05) is 11.1 Å². The predicted molar refractivity (Wildman–Crippen MR) is 130 cm³/mol. The average molecular weight is 457 g/mol. The number of anilines is 2. The average Bonchev–Trinajstić information content (AvgIpc) is 2.82. The van der Waals surface area contributed by atoms with E-state index in [1.54, 1.807) is 24.5 Å². The van der Waals surface area contributed by atoms with Crippen LogP contribution in [0.25, 0.3) is 11.1 Å². The lowest BCUT2D eigenvalue weighted by Gasteiger charge is -2.18. The first kappa shape index (κ1) is 23.8. The molecule has 0 saturated heterocycles. The van der Waals surface area contributed by atoms with Crippen LogP contribution in [0.3, 0.4) is 0 Å². The maximum Gasteiger partial charge on any atom is 0.237 e. The molecule has 0 aliphatic carbocycles. The van der Waals surface area contributed by atoms with Crippen molar-refractivity contribution in [3.8, 4) is 23.3 Å². The Morgan fingerprint density at radius 3 is 2.27 bits per heavy atom. The van der Waals surface area contributed by atoms with Gasteiger partial charge in [-0.25, -0.2) is 4.98 Å². The molecule has 0 radical (unpaired) electrons. The van der Waals surface area contributed by atoms with Crippen molar-refractivity contribution in [2.45, 2.75) is 43.4 Å². The van der Waals surface area contributed by atoms with Crippen molar-refractivity contribution in [1.82, 2.24) is 9.97 Å². The molecule has 2 aromatic heterocycles. The number of nitrogen functional groups attached to an aromatic ring is 1. The Morgan fingerprint density at radius 2 is 1.73 bits per heavy atom. The summed E-state index contributed by atoms with van der Waals surface area (Å²) in [4.78, 5) is 21.1. The van der Waals surface area contributed by atoms with Crippen LogP contribution in [-0.2, 0) is 4.79 Å². The Kier molecular flexibility index (Phi) is 7.66. The molecule has 3 aromatic rings. The molecular formula is C25H24N6OS. The number of nitriles is 2. The molecule has 3 rings (SSSR count). The van der Waals surface area contributed by atoms with Crippen molar-refractivity contribution < 1.29 is 4.79 Å². The summed E-state index contributed by atoms with van der Waals surface area (Å²) < 4.78 is 0. The van der Waals surface area contributed by atoms with Crippen LogP contribution >= 0.6 is 11.8 Å². The lowest BCUT2D eigenvalue weighted by atomic mass is 9.94. The zero-order valence-electron chi connectivity index (χ0n) is 18.7. The monoisotopic (exact) mass is 456 g/mol. The minimum atomic E-state index is -0.513. The van der Waals surface area contributed by atoms with Crippen molar-refractivity contribution in [1.29, 1.82) is 10.5 Å². The number of benzene rings is 1. The summed E-state index contributed by atoms with van der Waals surface area (Å²) in [5.41, 5.74) is 9.44. The van der Waals surface area contributed by atoms with Crippen LogP contribution in [0.5, 0.6) is 0 Å². The fourth-order valence-electron chi connectivity index (χ4n) is 3.32. The van der Waals surface area contributed by atoms with Gasteiger partial charge in [-0.05, 0) is 35.6 Å². The van der Waals surface area contributed by atoms with Gasteiger partial charge in [-0.2, -0.15) is 10.5 Å². The Hall–Kier alpha value is -3.88. The van der Waals surface area contributed by atoms with Gasteiger partial charge in [-0.1, -0.05) is 56.8 Å². The van der Waals surface area contributed by atoms with Gasteiger partial charge in [0.15, 0.2) is 0 Å². The molecule has 0 aliphatic heterocycles. The number of rotatable bonds is 7.